The Hall–Kier alpha value is -0.770. The van der Waals surface area contributed by atoms with Crippen LogP contribution in [-0.2, 0) is 0 Å². The molecule has 4 heteroatoms. The van der Waals surface area contributed by atoms with Gasteiger partial charge in [0.1, 0.15) is 0 Å². The van der Waals surface area contributed by atoms with E-state index in [9.17, 15) is 4.79 Å². The highest BCUT2D eigenvalue weighted by atomic mass is 16.4. The number of carboxylic acid groups (broad SMARTS) is 1. The highest BCUT2D eigenvalue weighted by Gasteiger charge is 2.32. The summed E-state index contributed by atoms with van der Waals surface area (Å²) >= 11 is 0. The smallest absolute Gasteiger partial charge is 0.408 e. The van der Waals surface area contributed by atoms with Crippen LogP contribution in [0.1, 0.15) is 34.6 Å². The second kappa shape index (κ2) is 3.96. The fourth-order valence-electron chi connectivity index (χ4n) is 1.31. The normalized spacial score (nSPS) is 16.5. The largest absolute Gasteiger partial charge is 0.465 e. The van der Waals surface area contributed by atoms with Crippen molar-refractivity contribution < 1.29 is 9.90 Å². The zero-order valence-corrected chi connectivity index (χ0v) is 9.03. The molecule has 0 aliphatic heterocycles. The van der Waals surface area contributed by atoms with Crippen molar-refractivity contribution >= 4 is 6.09 Å². The van der Waals surface area contributed by atoms with E-state index in [0.717, 1.165) is 0 Å². The summed E-state index contributed by atoms with van der Waals surface area (Å²) in [6, 6.07) is -0.326. The lowest BCUT2D eigenvalue weighted by molar-refractivity contribution is 0.0690. The van der Waals surface area contributed by atoms with Gasteiger partial charge in [0.25, 0.3) is 0 Å². The Kier molecular flexibility index (Phi) is 3.72. The standard InChI is InChI=1S/C9H20N2O2/c1-6(10)7(2)11(8(12)13)9(3,4)5/h6-7H,10H2,1-5H3,(H,12,13)/t6-,7+/m0/s1. The maximum atomic E-state index is 11.0. The first-order chi connectivity index (χ1) is 5.68. The van der Waals surface area contributed by atoms with Crippen LogP contribution in [0.15, 0.2) is 0 Å². The SMILES string of the molecule is C[C@H](N)[C@@H](C)N(C(=O)O)C(C)(C)C. The topological polar surface area (TPSA) is 66.6 Å². The Balaban J connectivity index is 4.72. The van der Waals surface area contributed by atoms with E-state index in [1.165, 1.54) is 4.90 Å². The summed E-state index contributed by atoms with van der Waals surface area (Å²) in [6.07, 6.45) is -0.919. The summed E-state index contributed by atoms with van der Waals surface area (Å²) in [7, 11) is 0. The fourth-order valence-corrected chi connectivity index (χ4v) is 1.31. The van der Waals surface area contributed by atoms with Crippen molar-refractivity contribution in [2.75, 3.05) is 0 Å². The molecule has 0 heterocycles. The average molecular weight is 188 g/mol. The number of nitrogens with zero attached hydrogens (tertiary/aromatic N) is 1. The van der Waals surface area contributed by atoms with Gasteiger partial charge in [0.15, 0.2) is 0 Å². The van der Waals surface area contributed by atoms with Crippen LogP contribution < -0.4 is 5.73 Å². The quantitative estimate of drug-likeness (QED) is 0.690. The van der Waals surface area contributed by atoms with E-state index >= 15 is 0 Å². The number of hydrogen-bond acceptors (Lipinski definition) is 2. The molecule has 0 aromatic heterocycles. The first kappa shape index (κ1) is 12.2. The predicted molar refractivity (Wildman–Crippen MR) is 52.7 cm³/mol. The van der Waals surface area contributed by atoms with Gasteiger partial charge in [-0.3, -0.25) is 4.90 Å². The second-order valence-electron chi connectivity index (χ2n) is 4.42. The van der Waals surface area contributed by atoms with Crippen LogP contribution in [0.5, 0.6) is 0 Å². The molecule has 0 bridgehead atoms. The summed E-state index contributed by atoms with van der Waals surface area (Å²) in [4.78, 5) is 12.3. The number of amides is 1. The minimum atomic E-state index is -0.919. The summed E-state index contributed by atoms with van der Waals surface area (Å²) in [5, 5.41) is 9.00. The van der Waals surface area contributed by atoms with Gasteiger partial charge in [-0.2, -0.15) is 0 Å². The summed E-state index contributed by atoms with van der Waals surface area (Å²) in [5.41, 5.74) is 5.26. The van der Waals surface area contributed by atoms with Crippen LogP contribution >= 0.6 is 0 Å². The molecule has 0 radical (unpaired) electrons. The molecule has 1 amide bonds. The molecule has 0 saturated carbocycles. The van der Waals surface area contributed by atoms with E-state index in [2.05, 4.69) is 0 Å². The summed E-state index contributed by atoms with van der Waals surface area (Å²) in [6.45, 7) is 9.22. The number of nitrogens with two attached hydrogens (primary N) is 1. The number of carbonyl (C=O) groups is 1. The monoisotopic (exact) mass is 188 g/mol. The van der Waals surface area contributed by atoms with Gasteiger partial charge in [0.2, 0.25) is 0 Å². The van der Waals surface area contributed by atoms with Crippen LogP contribution in [0, 0.1) is 0 Å². The van der Waals surface area contributed by atoms with E-state index in [0.29, 0.717) is 0 Å². The summed E-state index contributed by atoms with van der Waals surface area (Å²) < 4.78 is 0. The van der Waals surface area contributed by atoms with Crippen LogP contribution in [0.2, 0.25) is 0 Å². The first-order valence-corrected chi connectivity index (χ1v) is 4.45. The molecule has 4 nitrogen and oxygen atoms in total. The Morgan fingerprint density at radius 3 is 1.85 bits per heavy atom. The maximum Gasteiger partial charge on any atom is 0.408 e. The van der Waals surface area contributed by atoms with Gasteiger partial charge >= 0.3 is 6.09 Å². The van der Waals surface area contributed by atoms with E-state index in [4.69, 9.17) is 10.8 Å². The Labute approximate surface area is 79.7 Å². The zero-order chi connectivity index (χ0) is 10.8. The van der Waals surface area contributed by atoms with Crippen molar-refractivity contribution in [3.05, 3.63) is 0 Å². The van der Waals surface area contributed by atoms with Gasteiger partial charge in [0, 0.05) is 17.6 Å². The lowest BCUT2D eigenvalue weighted by Gasteiger charge is -2.39. The number of rotatable bonds is 2. The lowest BCUT2D eigenvalue weighted by Crippen LogP contribution is -2.55. The fraction of sp³-hybridized carbons (Fsp3) is 0.889. The van der Waals surface area contributed by atoms with Crippen molar-refractivity contribution in [1.82, 2.24) is 4.90 Å². The van der Waals surface area contributed by atoms with Crippen LogP contribution in [0.3, 0.4) is 0 Å². The third kappa shape index (κ3) is 3.22. The molecule has 0 aromatic carbocycles. The molecule has 2 atom stereocenters. The van der Waals surface area contributed by atoms with Gasteiger partial charge < -0.3 is 10.8 Å². The Bertz CT molecular complexity index is 185. The molecule has 0 spiro atoms. The summed E-state index contributed by atoms with van der Waals surface area (Å²) in [5.74, 6) is 0. The number of hydrogen-bond donors (Lipinski definition) is 2. The molecule has 0 aliphatic carbocycles. The third-order valence-electron chi connectivity index (χ3n) is 2.10. The van der Waals surface area contributed by atoms with Crippen molar-refractivity contribution in [3.8, 4) is 0 Å². The minimum absolute atomic E-state index is 0.157. The average Bonchev–Trinajstić information content (AvgIpc) is 1.82. The molecule has 0 aromatic rings. The molecule has 0 unspecified atom stereocenters. The molecule has 0 aliphatic rings. The Morgan fingerprint density at radius 2 is 1.77 bits per heavy atom. The van der Waals surface area contributed by atoms with Gasteiger partial charge in [-0.1, -0.05) is 0 Å². The highest BCUT2D eigenvalue weighted by molar-refractivity contribution is 5.66. The van der Waals surface area contributed by atoms with E-state index in [1.54, 1.807) is 0 Å². The van der Waals surface area contributed by atoms with E-state index in [1.807, 2.05) is 34.6 Å². The van der Waals surface area contributed by atoms with E-state index in [-0.39, 0.29) is 12.1 Å². The van der Waals surface area contributed by atoms with Crippen LogP contribution in [-0.4, -0.2) is 33.7 Å². The molecule has 0 fully saturated rings. The lowest BCUT2D eigenvalue weighted by atomic mass is 10.0. The second-order valence-corrected chi connectivity index (χ2v) is 4.42. The van der Waals surface area contributed by atoms with Crippen molar-refractivity contribution in [1.29, 1.82) is 0 Å². The van der Waals surface area contributed by atoms with Crippen molar-refractivity contribution in [2.24, 2.45) is 5.73 Å². The molecular formula is C9H20N2O2. The van der Waals surface area contributed by atoms with Gasteiger partial charge in [-0.05, 0) is 34.6 Å². The molecule has 13 heavy (non-hydrogen) atoms. The molecule has 0 saturated heterocycles. The predicted octanol–water partition coefficient (Wildman–Crippen LogP) is 1.50. The maximum absolute atomic E-state index is 11.0. The van der Waals surface area contributed by atoms with E-state index < -0.39 is 11.6 Å². The van der Waals surface area contributed by atoms with Crippen LogP contribution in [0.25, 0.3) is 0 Å². The van der Waals surface area contributed by atoms with Crippen LogP contribution in [0.4, 0.5) is 4.79 Å². The Morgan fingerprint density at radius 1 is 1.38 bits per heavy atom. The van der Waals surface area contributed by atoms with Gasteiger partial charge in [-0.25, -0.2) is 4.79 Å². The molecular weight excluding hydrogens is 168 g/mol. The van der Waals surface area contributed by atoms with Gasteiger partial charge in [-0.15, -0.1) is 0 Å². The van der Waals surface area contributed by atoms with Crippen molar-refractivity contribution in [3.63, 3.8) is 0 Å². The minimum Gasteiger partial charge on any atom is -0.465 e. The molecule has 78 valence electrons. The van der Waals surface area contributed by atoms with Gasteiger partial charge in [0.05, 0.1) is 0 Å². The third-order valence-corrected chi connectivity index (χ3v) is 2.10. The molecule has 0 rings (SSSR count). The first-order valence-electron chi connectivity index (χ1n) is 4.45. The van der Waals surface area contributed by atoms with Crippen molar-refractivity contribution in [2.45, 2.75) is 52.2 Å². The molecule has 3 N–H and O–H groups in total. The zero-order valence-electron chi connectivity index (χ0n) is 9.03. The highest BCUT2D eigenvalue weighted by Crippen LogP contribution is 2.18.